The van der Waals surface area contributed by atoms with Gasteiger partial charge in [0.1, 0.15) is 24.1 Å². The van der Waals surface area contributed by atoms with Crippen LogP contribution in [0.3, 0.4) is 0 Å². The molecule has 0 radical (unpaired) electrons. The Labute approximate surface area is 245 Å². The van der Waals surface area contributed by atoms with E-state index in [9.17, 15) is 14.3 Å². The van der Waals surface area contributed by atoms with E-state index in [2.05, 4.69) is 37.1 Å². The highest BCUT2D eigenvalue weighted by Gasteiger charge is 2.35. The van der Waals surface area contributed by atoms with Crippen LogP contribution in [-0.2, 0) is 11.4 Å². The molecule has 7 nitrogen and oxygen atoms in total. The molecule has 2 aliphatic heterocycles. The first-order valence-electron chi connectivity index (χ1n) is 13.8. The number of aliphatic hydroxyl groups excluding tert-OH is 1. The molecule has 9 heteroatoms. The zero-order chi connectivity index (χ0) is 29.4. The maximum Gasteiger partial charge on any atom is 0.246 e. The number of hydrogen-bond donors (Lipinski definition) is 1. The van der Waals surface area contributed by atoms with Gasteiger partial charge in [-0.05, 0) is 60.7 Å². The number of carbonyl (C=O) groups is 1. The van der Waals surface area contributed by atoms with Gasteiger partial charge in [0.05, 0.1) is 28.6 Å². The zero-order valence-electron chi connectivity index (χ0n) is 23.9. The normalized spacial score (nSPS) is 17.0. The quantitative estimate of drug-likeness (QED) is 0.376. The molecule has 3 heterocycles. The van der Waals surface area contributed by atoms with Crippen molar-refractivity contribution in [3.63, 3.8) is 0 Å². The van der Waals surface area contributed by atoms with Crippen LogP contribution < -0.4 is 4.90 Å². The Balaban J connectivity index is 1.68. The van der Waals surface area contributed by atoms with E-state index < -0.39 is 5.82 Å². The number of hydrogen-bond acceptors (Lipinski definition) is 6. The Kier molecular flexibility index (Phi) is 8.16. The lowest BCUT2D eigenvalue weighted by Gasteiger charge is -2.43. The number of aromatic nitrogens is 1. The van der Waals surface area contributed by atoms with Crippen molar-refractivity contribution in [2.75, 3.05) is 31.2 Å². The van der Waals surface area contributed by atoms with Gasteiger partial charge in [0.25, 0.3) is 0 Å². The summed E-state index contributed by atoms with van der Waals surface area (Å²) < 4.78 is 15.0. The third kappa shape index (κ3) is 5.34. The summed E-state index contributed by atoms with van der Waals surface area (Å²) in [5.74, 6) is 1.06. The third-order valence-electron chi connectivity index (χ3n) is 7.79. The van der Waals surface area contributed by atoms with Crippen LogP contribution in [0.4, 0.5) is 15.9 Å². The van der Waals surface area contributed by atoms with Crippen LogP contribution in [0.2, 0.25) is 5.02 Å². The number of rotatable bonds is 5. The van der Waals surface area contributed by atoms with E-state index in [0.717, 1.165) is 33.8 Å². The van der Waals surface area contributed by atoms with Gasteiger partial charge in [-0.25, -0.2) is 14.4 Å². The van der Waals surface area contributed by atoms with Crippen molar-refractivity contribution >= 4 is 34.8 Å². The van der Waals surface area contributed by atoms with Gasteiger partial charge in [-0.3, -0.25) is 4.79 Å². The lowest BCUT2D eigenvalue weighted by Crippen LogP contribution is -2.56. The lowest BCUT2D eigenvalue weighted by atomic mass is 9.94. The highest BCUT2D eigenvalue weighted by atomic mass is 35.5. The molecule has 0 unspecified atom stereocenters. The summed E-state index contributed by atoms with van der Waals surface area (Å²) in [4.78, 5) is 28.4. The number of nitrogens with zero attached hydrogens (tertiary/aromatic N) is 5. The molecule has 0 saturated carbocycles. The number of halogens is 2. The van der Waals surface area contributed by atoms with Gasteiger partial charge < -0.3 is 19.8 Å². The number of anilines is 2. The second kappa shape index (κ2) is 11.6. The SMILES string of the molecule is C=CC(=O)N1CCN(C2=NCN(c3c(C)cc(CO)cc3C(C)C)c3nc(-c4ccccc4F)c(Cl)cc32)[C@@H](C)C1. The van der Waals surface area contributed by atoms with E-state index in [1.165, 1.54) is 12.1 Å². The standard InChI is InChI=1S/C32H35ClFN5O2/c1-6-28(41)37-11-12-38(21(5)16-37)31-25-15-26(33)29(23-9-7-8-10-27(23)34)36-32(25)39(18-35-31)30-20(4)13-22(17-40)14-24(30)19(2)3/h6-10,13-15,19,21,40H,1,11-12,16-18H2,2-5H3/t21-/m0/s1. The summed E-state index contributed by atoms with van der Waals surface area (Å²) in [6.07, 6.45) is 1.35. The minimum atomic E-state index is -0.402. The smallest absolute Gasteiger partial charge is 0.246 e. The van der Waals surface area contributed by atoms with Crippen LogP contribution in [0, 0.1) is 12.7 Å². The molecular weight excluding hydrogens is 541 g/mol. The molecule has 1 aromatic heterocycles. The van der Waals surface area contributed by atoms with E-state index in [0.29, 0.717) is 48.4 Å². The van der Waals surface area contributed by atoms with Crippen molar-refractivity contribution in [3.05, 3.63) is 88.2 Å². The maximum absolute atomic E-state index is 15.0. The van der Waals surface area contributed by atoms with E-state index >= 15 is 0 Å². The molecule has 2 aliphatic rings. The van der Waals surface area contributed by atoms with Crippen LogP contribution in [0.5, 0.6) is 0 Å². The zero-order valence-corrected chi connectivity index (χ0v) is 24.6. The van der Waals surface area contributed by atoms with E-state index in [-0.39, 0.29) is 24.5 Å². The predicted octanol–water partition coefficient (Wildman–Crippen LogP) is 6.04. The fraction of sp³-hybridized carbons (Fsp3) is 0.344. The summed E-state index contributed by atoms with van der Waals surface area (Å²) in [6, 6.07) is 12.3. The van der Waals surface area contributed by atoms with Crippen LogP contribution in [0.25, 0.3) is 11.3 Å². The fourth-order valence-corrected chi connectivity index (χ4v) is 6.04. The molecule has 0 aliphatic carbocycles. The second-order valence-electron chi connectivity index (χ2n) is 10.9. The minimum absolute atomic E-state index is 0.00683. The van der Waals surface area contributed by atoms with Gasteiger partial charge in [0.15, 0.2) is 0 Å². The summed E-state index contributed by atoms with van der Waals surface area (Å²) in [7, 11) is 0. The maximum atomic E-state index is 15.0. The minimum Gasteiger partial charge on any atom is -0.392 e. The number of amides is 1. The van der Waals surface area contributed by atoms with Crippen LogP contribution in [-0.4, -0.2) is 64.0 Å². The lowest BCUT2D eigenvalue weighted by molar-refractivity contribution is -0.128. The molecular formula is C32H35ClFN5O2. The molecule has 214 valence electrons. The van der Waals surface area contributed by atoms with Crippen molar-refractivity contribution < 1.29 is 14.3 Å². The van der Waals surface area contributed by atoms with Crippen molar-refractivity contribution in [2.24, 2.45) is 4.99 Å². The Morgan fingerprint density at radius 1 is 1.22 bits per heavy atom. The number of aliphatic imine (C=N–C) groups is 1. The average molecular weight is 576 g/mol. The van der Waals surface area contributed by atoms with Crippen molar-refractivity contribution in [1.29, 1.82) is 0 Å². The van der Waals surface area contributed by atoms with Gasteiger partial charge in [0.2, 0.25) is 5.91 Å². The summed E-state index contributed by atoms with van der Waals surface area (Å²) in [5, 5.41) is 10.2. The number of carbonyl (C=O) groups excluding carboxylic acids is 1. The molecule has 1 saturated heterocycles. The van der Waals surface area contributed by atoms with Crippen molar-refractivity contribution in [2.45, 2.75) is 46.3 Å². The van der Waals surface area contributed by atoms with Gasteiger partial charge in [0, 0.05) is 31.2 Å². The number of aliphatic hydroxyl groups is 1. The highest BCUT2D eigenvalue weighted by molar-refractivity contribution is 6.33. The number of amidine groups is 1. The Morgan fingerprint density at radius 3 is 2.63 bits per heavy atom. The second-order valence-corrected chi connectivity index (χ2v) is 11.3. The molecule has 1 amide bonds. The highest BCUT2D eigenvalue weighted by Crippen LogP contribution is 2.42. The average Bonchev–Trinajstić information content (AvgIpc) is 2.96. The first-order valence-corrected chi connectivity index (χ1v) is 14.2. The summed E-state index contributed by atoms with van der Waals surface area (Å²) in [6.45, 7) is 13.9. The monoisotopic (exact) mass is 575 g/mol. The molecule has 0 spiro atoms. The molecule has 1 N–H and O–H groups in total. The Hall–Kier alpha value is -3.75. The fourth-order valence-electron chi connectivity index (χ4n) is 5.79. The number of aryl methyl sites for hydroxylation is 1. The van der Waals surface area contributed by atoms with E-state index in [1.807, 2.05) is 25.1 Å². The van der Waals surface area contributed by atoms with Crippen LogP contribution in [0.1, 0.15) is 48.9 Å². The third-order valence-corrected chi connectivity index (χ3v) is 8.08. The molecule has 1 fully saturated rings. The first-order chi connectivity index (χ1) is 19.6. The number of fused-ring (bicyclic) bond motifs is 1. The summed E-state index contributed by atoms with van der Waals surface area (Å²) >= 11 is 6.83. The van der Waals surface area contributed by atoms with Gasteiger partial charge in [-0.1, -0.05) is 56.3 Å². The number of piperazine rings is 1. The molecule has 0 bridgehead atoms. The Bertz CT molecular complexity index is 1540. The molecule has 41 heavy (non-hydrogen) atoms. The summed E-state index contributed by atoms with van der Waals surface area (Å²) in [5.41, 5.74) is 5.28. The van der Waals surface area contributed by atoms with E-state index in [4.69, 9.17) is 21.6 Å². The topological polar surface area (TPSA) is 72.3 Å². The number of pyridine rings is 1. The molecule has 1 atom stereocenters. The molecule has 2 aromatic carbocycles. The number of benzene rings is 2. The van der Waals surface area contributed by atoms with Crippen molar-refractivity contribution in [3.8, 4) is 11.3 Å². The largest absolute Gasteiger partial charge is 0.392 e. The van der Waals surface area contributed by atoms with Crippen LogP contribution in [0.15, 0.2) is 60.1 Å². The first kappa shape index (κ1) is 28.8. The van der Waals surface area contributed by atoms with Gasteiger partial charge >= 0.3 is 0 Å². The predicted molar refractivity (Wildman–Crippen MR) is 162 cm³/mol. The Morgan fingerprint density at radius 2 is 1.98 bits per heavy atom. The van der Waals surface area contributed by atoms with E-state index in [1.54, 1.807) is 23.1 Å². The van der Waals surface area contributed by atoms with Crippen molar-refractivity contribution in [1.82, 2.24) is 14.8 Å². The molecule has 5 rings (SSSR count). The molecule has 3 aromatic rings. The van der Waals surface area contributed by atoms with Crippen LogP contribution >= 0.6 is 11.6 Å². The van der Waals surface area contributed by atoms with Gasteiger partial charge in [-0.15, -0.1) is 0 Å². The van der Waals surface area contributed by atoms with Gasteiger partial charge in [-0.2, -0.15) is 0 Å².